The van der Waals surface area contributed by atoms with Gasteiger partial charge in [-0.25, -0.2) is 14.2 Å². The van der Waals surface area contributed by atoms with Gasteiger partial charge in [0.05, 0.1) is 11.6 Å². The van der Waals surface area contributed by atoms with Gasteiger partial charge in [-0.2, -0.15) is 8.42 Å². The van der Waals surface area contributed by atoms with Gasteiger partial charge in [-0.1, -0.05) is 0 Å². The molecule has 2 aliphatic heterocycles. The number of halogens is 1. The minimum atomic E-state index is -3.67. The van der Waals surface area contributed by atoms with E-state index in [9.17, 15) is 27.5 Å². The molecule has 32 heavy (non-hydrogen) atoms. The summed E-state index contributed by atoms with van der Waals surface area (Å²) in [6.45, 7) is 7.23. The minimum absolute atomic E-state index is 0.00597. The molecule has 4 heterocycles. The fraction of sp³-hybridized carbons (Fsp3) is 0.550. The van der Waals surface area contributed by atoms with Gasteiger partial charge in [0, 0.05) is 36.9 Å². The van der Waals surface area contributed by atoms with Crippen LogP contribution in [0.25, 0.3) is 11.0 Å². The van der Waals surface area contributed by atoms with E-state index in [4.69, 9.17) is 4.55 Å². The first-order chi connectivity index (χ1) is 14.7. The monoisotopic (exact) mass is 470 g/mol. The Bertz CT molecular complexity index is 1200. The van der Waals surface area contributed by atoms with Crippen LogP contribution in [0.15, 0.2) is 17.1 Å². The lowest BCUT2D eigenvalue weighted by Gasteiger charge is -2.36. The number of anilines is 1. The molecule has 0 saturated carbocycles. The molecule has 2 aromatic rings. The average Bonchev–Trinajstić information content (AvgIpc) is 2.87. The largest absolute Gasteiger partial charge is 0.477 e. The van der Waals surface area contributed by atoms with E-state index in [2.05, 4.69) is 10.3 Å². The molecule has 12 heteroatoms. The van der Waals surface area contributed by atoms with Gasteiger partial charge in [-0.15, -0.1) is 0 Å². The number of pyridine rings is 2. The zero-order valence-electron chi connectivity index (χ0n) is 18.3. The van der Waals surface area contributed by atoms with Crippen LogP contribution in [-0.4, -0.2) is 65.0 Å². The molecule has 0 spiro atoms. The van der Waals surface area contributed by atoms with Crippen molar-refractivity contribution in [3.05, 3.63) is 33.9 Å². The second-order valence-electron chi connectivity index (χ2n) is 9.07. The minimum Gasteiger partial charge on any atom is -0.477 e. The first kappa shape index (κ1) is 24.1. The molecule has 4 rings (SSSR count). The van der Waals surface area contributed by atoms with E-state index in [0.717, 1.165) is 32.0 Å². The van der Waals surface area contributed by atoms with Crippen molar-refractivity contribution in [2.24, 2.45) is 0 Å². The molecule has 2 aliphatic rings. The molecule has 2 fully saturated rings. The predicted octanol–water partition coefficient (Wildman–Crippen LogP) is 1.43. The van der Waals surface area contributed by atoms with E-state index in [1.807, 2.05) is 25.7 Å². The Hall–Kier alpha value is -2.57. The molecule has 2 bridgehead atoms. The lowest BCUT2D eigenvalue weighted by Crippen LogP contribution is -2.52. The average molecular weight is 471 g/mol. The number of hydrogen-bond donors (Lipinski definition) is 3. The summed E-state index contributed by atoms with van der Waals surface area (Å²) >= 11 is 0. The van der Waals surface area contributed by atoms with Crippen molar-refractivity contribution in [1.82, 2.24) is 14.9 Å². The van der Waals surface area contributed by atoms with E-state index in [0.29, 0.717) is 11.9 Å². The molecule has 0 aliphatic carbocycles. The van der Waals surface area contributed by atoms with Crippen LogP contribution in [0.1, 0.15) is 44.0 Å². The van der Waals surface area contributed by atoms with E-state index in [-0.39, 0.29) is 28.9 Å². The van der Waals surface area contributed by atoms with Crippen LogP contribution in [0.2, 0.25) is 0 Å². The van der Waals surface area contributed by atoms with Gasteiger partial charge in [0.2, 0.25) is 5.43 Å². The molecule has 176 valence electrons. The maximum absolute atomic E-state index is 15.0. The summed E-state index contributed by atoms with van der Waals surface area (Å²) < 4.78 is 42.5. The number of aromatic nitrogens is 2. The summed E-state index contributed by atoms with van der Waals surface area (Å²) in [5.74, 6) is -1.66. The van der Waals surface area contributed by atoms with Gasteiger partial charge in [0.25, 0.3) is 10.1 Å². The first-order valence-corrected chi connectivity index (χ1v) is 11.9. The van der Waals surface area contributed by atoms with Crippen molar-refractivity contribution in [3.8, 4) is 0 Å². The summed E-state index contributed by atoms with van der Waals surface area (Å²) in [6.07, 6.45) is 3.97. The van der Waals surface area contributed by atoms with E-state index in [1.54, 1.807) is 4.57 Å². The van der Waals surface area contributed by atoms with Crippen molar-refractivity contribution in [3.63, 3.8) is 0 Å². The maximum Gasteiger partial charge on any atom is 0.341 e. The third-order valence-electron chi connectivity index (χ3n) is 5.49. The highest BCUT2D eigenvalue weighted by Gasteiger charge is 2.39. The Morgan fingerprint density at radius 3 is 2.25 bits per heavy atom. The van der Waals surface area contributed by atoms with Crippen molar-refractivity contribution >= 4 is 32.9 Å². The summed E-state index contributed by atoms with van der Waals surface area (Å²) in [4.78, 5) is 30.7. The summed E-state index contributed by atoms with van der Waals surface area (Å²) in [5.41, 5.74) is -1.31. The number of nitrogens with one attached hydrogen (secondary N) is 1. The molecule has 2 atom stereocenters. The third kappa shape index (κ3) is 4.92. The fourth-order valence-corrected chi connectivity index (χ4v) is 4.18. The Morgan fingerprint density at radius 1 is 1.25 bits per heavy atom. The highest BCUT2D eigenvalue weighted by atomic mass is 32.2. The summed E-state index contributed by atoms with van der Waals surface area (Å²) in [5, 5.41) is 12.7. The van der Waals surface area contributed by atoms with Crippen molar-refractivity contribution in [2.45, 2.75) is 51.2 Å². The highest BCUT2D eigenvalue weighted by Crippen LogP contribution is 2.34. The molecule has 2 saturated heterocycles. The standard InChI is InChI=1S/C19H23FN4O3.CH4O3S/c1-19(2,3)23-9-13(18(26)27)15(25)12-6-14(20)17(22-16(12)23)24-10-4-5-11(24)8-21-7-10;1-5(2,3)4/h6,9-11,21H,4-5,7-8H2,1-3H3,(H,26,27);1H3,(H,2,3,4). The zero-order chi connectivity index (χ0) is 24.0. The van der Waals surface area contributed by atoms with Gasteiger partial charge in [-0.05, 0) is 39.7 Å². The number of rotatable bonds is 2. The number of carboxylic acids is 1. The number of hydrogen-bond acceptors (Lipinski definition) is 7. The van der Waals surface area contributed by atoms with Gasteiger partial charge >= 0.3 is 5.97 Å². The van der Waals surface area contributed by atoms with Crippen LogP contribution >= 0.6 is 0 Å². The fourth-order valence-electron chi connectivity index (χ4n) is 4.18. The van der Waals surface area contributed by atoms with Crippen LogP contribution in [-0.2, 0) is 15.7 Å². The van der Waals surface area contributed by atoms with E-state index >= 15 is 0 Å². The first-order valence-electron chi connectivity index (χ1n) is 10.1. The molecule has 0 amide bonds. The molecular formula is C20H27FN4O6S. The predicted molar refractivity (Wildman–Crippen MR) is 118 cm³/mol. The quantitative estimate of drug-likeness (QED) is 0.556. The van der Waals surface area contributed by atoms with E-state index in [1.165, 1.54) is 6.20 Å². The molecule has 3 N–H and O–H groups in total. The molecular weight excluding hydrogens is 443 g/mol. The number of fused-ring (bicyclic) bond motifs is 3. The molecule has 0 aromatic carbocycles. The lowest BCUT2D eigenvalue weighted by molar-refractivity contribution is 0.0694. The van der Waals surface area contributed by atoms with Gasteiger partial charge in [0.1, 0.15) is 11.2 Å². The Labute approximate surface area is 184 Å². The number of piperazine rings is 1. The Morgan fingerprint density at radius 2 is 1.78 bits per heavy atom. The number of aromatic carboxylic acids is 1. The molecule has 2 aromatic heterocycles. The Balaban J connectivity index is 0.000000523. The van der Waals surface area contributed by atoms with Crippen LogP contribution in [0, 0.1) is 5.82 Å². The van der Waals surface area contributed by atoms with Crippen molar-refractivity contribution < 1.29 is 27.3 Å². The van der Waals surface area contributed by atoms with Crippen LogP contribution < -0.4 is 15.6 Å². The second kappa shape index (κ2) is 8.41. The van der Waals surface area contributed by atoms with Gasteiger partial charge < -0.3 is 19.9 Å². The van der Waals surface area contributed by atoms with Gasteiger partial charge in [-0.3, -0.25) is 9.35 Å². The number of carboxylic acid groups (broad SMARTS) is 1. The maximum atomic E-state index is 15.0. The van der Waals surface area contributed by atoms with Crippen LogP contribution in [0.5, 0.6) is 0 Å². The van der Waals surface area contributed by atoms with Gasteiger partial charge in [0.15, 0.2) is 11.6 Å². The zero-order valence-corrected chi connectivity index (χ0v) is 19.1. The van der Waals surface area contributed by atoms with Crippen molar-refractivity contribution in [1.29, 1.82) is 0 Å². The smallest absolute Gasteiger partial charge is 0.341 e. The topological polar surface area (TPSA) is 142 Å². The summed E-state index contributed by atoms with van der Waals surface area (Å²) in [7, 11) is -3.67. The molecule has 2 unspecified atom stereocenters. The third-order valence-corrected chi connectivity index (χ3v) is 5.49. The Kier molecular flexibility index (Phi) is 6.33. The number of nitrogens with zero attached hydrogens (tertiary/aromatic N) is 3. The second-order valence-corrected chi connectivity index (χ2v) is 10.5. The number of carbonyl (C=O) groups is 1. The van der Waals surface area contributed by atoms with Crippen LogP contribution in [0.3, 0.4) is 0 Å². The highest BCUT2D eigenvalue weighted by molar-refractivity contribution is 7.85. The van der Waals surface area contributed by atoms with E-state index < -0.39 is 32.9 Å². The molecule has 0 radical (unpaired) electrons. The summed E-state index contributed by atoms with van der Waals surface area (Å²) in [6, 6.07) is 1.50. The van der Waals surface area contributed by atoms with Crippen molar-refractivity contribution in [2.75, 3.05) is 24.2 Å². The normalized spacial score (nSPS) is 20.8. The van der Waals surface area contributed by atoms with Crippen LogP contribution in [0.4, 0.5) is 10.2 Å². The SMILES string of the molecule is CC(C)(C)n1cc(C(=O)O)c(=O)c2cc(F)c(N3C4CCC3CNC4)nc21.CS(=O)(=O)O. The molecule has 10 nitrogen and oxygen atoms in total. The lowest BCUT2D eigenvalue weighted by atomic mass is 10.1.